The van der Waals surface area contributed by atoms with E-state index in [9.17, 15) is 4.79 Å². The Bertz CT molecular complexity index is 855. The minimum atomic E-state index is -0.00123. The number of fused-ring (bicyclic) bond motifs is 1. The van der Waals surface area contributed by atoms with E-state index < -0.39 is 0 Å². The molecule has 1 aliphatic rings. The van der Waals surface area contributed by atoms with Crippen molar-refractivity contribution in [2.45, 2.75) is 19.4 Å². The summed E-state index contributed by atoms with van der Waals surface area (Å²) in [5.74, 6) is 0. The highest BCUT2D eigenvalue weighted by molar-refractivity contribution is 5.68. The normalized spacial score (nSPS) is 16.7. The summed E-state index contributed by atoms with van der Waals surface area (Å²) in [7, 11) is 0. The van der Waals surface area contributed by atoms with Gasteiger partial charge in [-0.2, -0.15) is 5.10 Å². The molecule has 0 saturated carbocycles. The molecule has 0 N–H and O–H groups in total. The molecule has 4 rings (SSSR count). The summed E-state index contributed by atoms with van der Waals surface area (Å²) in [4.78, 5) is 13.1. The Balaban J connectivity index is 1.95. The highest BCUT2D eigenvalue weighted by Crippen LogP contribution is 2.36. The van der Waals surface area contributed by atoms with Gasteiger partial charge < -0.3 is 4.90 Å². The van der Waals surface area contributed by atoms with Crippen LogP contribution in [0.25, 0.3) is 16.9 Å². The molecule has 0 spiro atoms. The molecule has 1 amide bonds. The van der Waals surface area contributed by atoms with Gasteiger partial charge in [-0.15, -0.1) is 0 Å². The summed E-state index contributed by atoms with van der Waals surface area (Å²) < 4.78 is 2.02. The number of amides is 1. The van der Waals surface area contributed by atoms with Crippen LogP contribution in [0.15, 0.2) is 60.7 Å². The number of aromatic nitrogens is 2. The fourth-order valence-electron chi connectivity index (χ4n) is 3.43. The van der Waals surface area contributed by atoms with Crippen LogP contribution in [0.3, 0.4) is 0 Å². The molecule has 24 heavy (non-hydrogen) atoms. The van der Waals surface area contributed by atoms with Crippen LogP contribution in [0.2, 0.25) is 0 Å². The largest absolute Gasteiger partial charge is 0.337 e. The van der Waals surface area contributed by atoms with Gasteiger partial charge in [0.15, 0.2) is 0 Å². The predicted molar refractivity (Wildman–Crippen MR) is 93.9 cm³/mol. The number of carbonyl (C=O) groups is 1. The van der Waals surface area contributed by atoms with E-state index in [2.05, 4.69) is 24.3 Å². The molecule has 4 heteroatoms. The zero-order valence-corrected chi connectivity index (χ0v) is 13.6. The number of para-hydroxylation sites is 1. The maximum absolute atomic E-state index is 11.3. The minimum Gasteiger partial charge on any atom is -0.337 e. The number of benzene rings is 2. The molecule has 0 fully saturated rings. The average Bonchev–Trinajstić information content (AvgIpc) is 3.04. The standard InChI is InChI=1S/C20H19N3O/c1-15-19-18(12-13-22(15)14-24)20(16-8-4-2-5-9-16)23(21-19)17-10-6-3-7-11-17/h2-11,14-15H,12-13H2,1H3. The van der Waals surface area contributed by atoms with Crippen molar-refractivity contribution in [3.05, 3.63) is 71.9 Å². The van der Waals surface area contributed by atoms with Gasteiger partial charge in [0.05, 0.1) is 23.1 Å². The second-order valence-electron chi connectivity index (χ2n) is 6.09. The van der Waals surface area contributed by atoms with Crippen LogP contribution in [0.4, 0.5) is 0 Å². The van der Waals surface area contributed by atoms with Crippen LogP contribution in [-0.4, -0.2) is 27.6 Å². The van der Waals surface area contributed by atoms with Crippen LogP contribution in [-0.2, 0) is 11.2 Å². The van der Waals surface area contributed by atoms with E-state index in [1.54, 1.807) is 0 Å². The average molecular weight is 317 g/mol. The van der Waals surface area contributed by atoms with Crippen molar-refractivity contribution in [1.82, 2.24) is 14.7 Å². The Morgan fingerprint density at radius 2 is 1.71 bits per heavy atom. The van der Waals surface area contributed by atoms with Crippen molar-refractivity contribution in [1.29, 1.82) is 0 Å². The topological polar surface area (TPSA) is 38.1 Å². The van der Waals surface area contributed by atoms with E-state index in [1.807, 2.05) is 52.9 Å². The lowest BCUT2D eigenvalue weighted by molar-refractivity contribution is -0.120. The SMILES string of the molecule is CC1c2nn(-c3ccccc3)c(-c3ccccc3)c2CCN1C=O. The maximum atomic E-state index is 11.3. The number of hydrogen-bond acceptors (Lipinski definition) is 2. The van der Waals surface area contributed by atoms with Crippen molar-refractivity contribution in [2.24, 2.45) is 0 Å². The predicted octanol–water partition coefficient (Wildman–Crippen LogP) is 3.61. The summed E-state index contributed by atoms with van der Waals surface area (Å²) in [6, 6.07) is 20.5. The fraction of sp³-hybridized carbons (Fsp3) is 0.200. The fourth-order valence-corrected chi connectivity index (χ4v) is 3.43. The zero-order valence-electron chi connectivity index (χ0n) is 13.6. The zero-order chi connectivity index (χ0) is 16.5. The third-order valence-corrected chi connectivity index (χ3v) is 4.71. The van der Waals surface area contributed by atoms with E-state index in [-0.39, 0.29) is 6.04 Å². The van der Waals surface area contributed by atoms with Crippen molar-refractivity contribution in [3.63, 3.8) is 0 Å². The van der Waals surface area contributed by atoms with Crippen molar-refractivity contribution in [3.8, 4) is 16.9 Å². The van der Waals surface area contributed by atoms with Crippen LogP contribution < -0.4 is 0 Å². The molecule has 3 aromatic rings. The first kappa shape index (κ1) is 14.7. The lowest BCUT2D eigenvalue weighted by atomic mass is 9.96. The van der Waals surface area contributed by atoms with Crippen molar-refractivity contribution >= 4 is 6.41 Å². The van der Waals surface area contributed by atoms with Gasteiger partial charge in [-0.3, -0.25) is 4.79 Å². The summed E-state index contributed by atoms with van der Waals surface area (Å²) in [5.41, 5.74) is 5.57. The Morgan fingerprint density at radius 1 is 1.04 bits per heavy atom. The monoisotopic (exact) mass is 317 g/mol. The third-order valence-electron chi connectivity index (χ3n) is 4.71. The first-order valence-electron chi connectivity index (χ1n) is 8.23. The number of hydrogen-bond donors (Lipinski definition) is 0. The highest BCUT2D eigenvalue weighted by Gasteiger charge is 2.30. The Labute approximate surface area is 141 Å². The quantitative estimate of drug-likeness (QED) is 0.692. The Kier molecular flexibility index (Phi) is 3.65. The molecule has 2 aromatic carbocycles. The number of rotatable bonds is 3. The van der Waals surface area contributed by atoms with E-state index in [0.29, 0.717) is 0 Å². The van der Waals surface area contributed by atoms with Crippen molar-refractivity contribution in [2.75, 3.05) is 6.54 Å². The molecular formula is C20H19N3O. The lowest BCUT2D eigenvalue weighted by Crippen LogP contribution is -2.32. The number of carbonyl (C=O) groups excluding carboxylic acids is 1. The summed E-state index contributed by atoms with van der Waals surface area (Å²) in [5, 5.41) is 4.89. The molecule has 1 aromatic heterocycles. The van der Waals surface area contributed by atoms with E-state index in [1.165, 1.54) is 5.56 Å². The summed E-state index contributed by atoms with van der Waals surface area (Å²) in [6.45, 7) is 2.78. The van der Waals surface area contributed by atoms with Gasteiger partial charge in [-0.05, 0) is 25.5 Å². The molecule has 0 saturated heterocycles. The Hall–Kier alpha value is -2.88. The van der Waals surface area contributed by atoms with Gasteiger partial charge in [0.1, 0.15) is 0 Å². The van der Waals surface area contributed by atoms with Crippen LogP contribution in [0, 0.1) is 0 Å². The first-order valence-corrected chi connectivity index (χ1v) is 8.23. The lowest BCUT2D eigenvalue weighted by Gasteiger charge is -2.29. The van der Waals surface area contributed by atoms with Crippen molar-refractivity contribution < 1.29 is 4.79 Å². The molecular weight excluding hydrogens is 298 g/mol. The molecule has 4 nitrogen and oxygen atoms in total. The maximum Gasteiger partial charge on any atom is 0.210 e. The molecule has 0 bridgehead atoms. The second-order valence-corrected chi connectivity index (χ2v) is 6.09. The second kappa shape index (κ2) is 5.96. The van der Waals surface area contributed by atoms with Crippen LogP contribution in [0.5, 0.6) is 0 Å². The molecule has 0 aliphatic carbocycles. The molecule has 1 unspecified atom stereocenters. The van der Waals surface area contributed by atoms with Crippen LogP contribution >= 0.6 is 0 Å². The van der Waals surface area contributed by atoms with E-state index in [0.717, 1.165) is 42.0 Å². The van der Waals surface area contributed by atoms with Gasteiger partial charge >= 0.3 is 0 Å². The van der Waals surface area contributed by atoms with E-state index >= 15 is 0 Å². The molecule has 120 valence electrons. The van der Waals surface area contributed by atoms with Gasteiger partial charge in [0.2, 0.25) is 6.41 Å². The molecule has 1 aliphatic heterocycles. The summed E-state index contributed by atoms with van der Waals surface area (Å²) in [6.07, 6.45) is 1.76. The minimum absolute atomic E-state index is 0.00123. The van der Waals surface area contributed by atoms with Gasteiger partial charge in [-0.25, -0.2) is 4.68 Å². The van der Waals surface area contributed by atoms with Gasteiger partial charge in [0.25, 0.3) is 0 Å². The van der Waals surface area contributed by atoms with E-state index in [4.69, 9.17) is 5.10 Å². The smallest absolute Gasteiger partial charge is 0.210 e. The number of nitrogens with zero attached hydrogens (tertiary/aromatic N) is 3. The van der Waals surface area contributed by atoms with Crippen LogP contribution in [0.1, 0.15) is 24.2 Å². The summed E-state index contributed by atoms with van der Waals surface area (Å²) >= 11 is 0. The first-order chi connectivity index (χ1) is 11.8. The molecule has 0 radical (unpaired) electrons. The van der Waals surface area contributed by atoms with Gasteiger partial charge in [0, 0.05) is 17.7 Å². The Morgan fingerprint density at radius 3 is 2.38 bits per heavy atom. The molecule has 1 atom stereocenters. The highest BCUT2D eigenvalue weighted by atomic mass is 16.1. The third kappa shape index (κ3) is 2.31. The van der Waals surface area contributed by atoms with Gasteiger partial charge in [-0.1, -0.05) is 48.5 Å². The molecule has 2 heterocycles.